The molecule has 2 aromatic rings. The van der Waals surface area contributed by atoms with Gasteiger partial charge in [-0.1, -0.05) is 0 Å². The number of amides is 1. The van der Waals surface area contributed by atoms with E-state index in [1.165, 1.54) is 0 Å². The molecule has 0 saturated carbocycles. The van der Waals surface area contributed by atoms with E-state index in [1.54, 1.807) is 37.7 Å². The zero-order chi connectivity index (χ0) is 16.5. The van der Waals surface area contributed by atoms with E-state index < -0.39 is 0 Å². The lowest BCUT2D eigenvalue weighted by Gasteiger charge is -2.13. The summed E-state index contributed by atoms with van der Waals surface area (Å²) < 4.78 is 11.1. The second kappa shape index (κ2) is 8.75. The zero-order valence-electron chi connectivity index (χ0n) is 13.1. The average Bonchev–Trinajstić information content (AvgIpc) is 2.59. The molecule has 0 aliphatic rings. The number of nitrogens with zero attached hydrogens (tertiary/aromatic N) is 1. The molecule has 122 valence electrons. The number of ether oxygens (including phenoxy) is 2. The predicted molar refractivity (Wildman–Crippen MR) is 88.5 cm³/mol. The van der Waals surface area contributed by atoms with Gasteiger partial charge in [-0.25, -0.2) is 0 Å². The number of carbonyl (C=O) groups is 1. The SMILES string of the molecule is COc1ccc(NC(=O)CCCN)cc1OCc1ccncc1. The maximum absolute atomic E-state index is 11.8. The van der Waals surface area contributed by atoms with Gasteiger partial charge in [-0.05, 0) is 42.8 Å². The molecular formula is C17H21N3O3. The van der Waals surface area contributed by atoms with Crippen molar-refractivity contribution < 1.29 is 14.3 Å². The lowest BCUT2D eigenvalue weighted by molar-refractivity contribution is -0.116. The highest BCUT2D eigenvalue weighted by atomic mass is 16.5. The molecule has 3 N–H and O–H groups in total. The second-order valence-corrected chi connectivity index (χ2v) is 4.95. The Bertz CT molecular complexity index is 632. The van der Waals surface area contributed by atoms with Crippen LogP contribution in [0.25, 0.3) is 0 Å². The summed E-state index contributed by atoms with van der Waals surface area (Å²) in [6.07, 6.45) is 4.48. The molecule has 6 nitrogen and oxygen atoms in total. The van der Waals surface area contributed by atoms with Gasteiger partial charge in [0.15, 0.2) is 11.5 Å². The van der Waals surface area contributed by atoms with Gasteiger partial charge in [0, 0.05) is 30.6 Å². The van der Waals surface area contributed by atoms with Crippen LogP contribution in [0.5, 0.6) is 11.5 Å². The number of benzene rings is 1. The Labute approximate surface area is 135 Å². The van der Waals surface area contributed by atoms with Crippen LogP contribution in [0, 0.1) is 0 Å². The van der Waals surface area contributed by atoms with Gasteiger partial charge in [-0.3, -0.25) is 9.78 Å². The molecule has 0 fully saturated rings. The standard InChI is InChI=1S/C17H21N3O3/c1-22-15-5-4-14(20-17(21)3-2-8-18)11-16(15)23-12-13-6-9-19-10-7-13/h4-7,9-11H,2-3,8,12,18H2,1H3,(H,20,21). The quantitative estimate of drug-likeness (QED) is 0.781. The van der Waals surface area contributed by atoms with Gasteiger partial charge in [0.1, 0.15) is 6.61 Å². The van der Waals surface area contributed by atoms with Crippen LogP contribution < -0.4 is 20.5 Å². The minimum Gasteiger partial charge on any atom is -0.493 e. The van der Waals surface area contributed by atoms with Crippen LogP contribution in [0.4, 0.5) is 5.69 Å². The molecular weight excluding hydrogens is 294 g/mol. The average molecular weight is 315 g/mol. The third kappa shape index (κ3) is 5.27. The van der Waals surface area contributed by atoms with Gasteiger partial charge in [-0.15, -0.1) is 0 Å². The van der Waals surface area contributed by atoms with Gasteiger partial charge in [-0.2, -0.15) is 0 Å². The molecule has 1 aromatic carbocycles. The van der Waals surface area contributed by atoms with Crippen molar-refractivity contribution in [2.45, 2.75) is 19.4 Å². The highest BCUT2D eigenvalue weighted by Crippen LogP contribution is 2.31. The predicted octanol–water partition coefficient (Wildman–Crippen LogP) is 2.35. The van der Waals surface area contributed by atoms with Gasteiger partial charge in [0.25, 0.3) is 0 Å². The maximum atomic E-state index is 11.8. The Morgan fingerprint density at radius 1 is 1.22 bits per heavy atom. The van der Waals surface area contributed by atoms with E-state index in [1.807, 2.05) is 12.1 Å². The maximum Gasteiger partial charge on any atom is 0.224 e. The largest absolute Gasteiger partial charge is 0.493 e. The van der Waals surface area contributed by atoms with Crippen molar-refractivity contribution in [3.8, 4) is 11.5 Å². The summed E-state index contributed by atoms with van der Waals surface area (Å²) in [5.41, 5.74) is 7.07. The first-order valence-electron chi connectivity index (χ1n) is 7.42. The van der Waals surface area contributed by atoms with Crippen molar-refractivity contribution in [1.82, 2.24) is 4.98 Å². The fourth-order valence-corrected chi connectivity index (χ4v) is 1.99. The van der Waals surface area contributed by atoms with E-state index in [-0.39, 0.29) is 5.91 Å². The molecule has 0 spiro atoms. The van der Waals surface area contributed by atoms with Crippen molar-refractivity contribution in [2.75, 3.05) is 19.0 Å². The molecule has 0 aliphatic carbocycles. The van der Waals surface area contributed by atoms with E-state index in [2.05, 4.69) is 10.3 Å². The molecule has 1 heterocycles. The summed E-state index contributed by atoms with van der Waals surface area (Å²) >= 11 is 0. The van der Waals surface area contributed by atoms with Crippen molar-refractivity contribution in [1.29, 1.82) is 0 Å². The first-order valence-corrected chi connectivity index (χ1v) is 7.42. The Morgan fingerprint density at radius 2 is 2.00 bits per heavy atom. The molecule has 0 atom stereocenters. The number of nitrogens with two attached hydrogens (primary N) is 1. The van der Waals surface area contributed by atoms with Crippen LogP contribution in [0.15, 0.2) is 42.7 Å². The zero-order valence-corrected chi connectivity index (χ0v) is 13.1. The molecule has 6 heteroatoms. The molecule has 0 bridgehead atoms. The summed E-state index contributed by atoms with van der Waals surface area (Å²) in [5, 5.41) is 2.83. The molecule has 0 saturated heterocycles. The van der Waals surface area contributed by atoms with Crippen LogP contribution in [-0.4, -0.2) is 24.5 Å². The van der Waals surface area contributed by atoms with E-state index >= 15 is 0 Å². The Hall–Kier alpha value is -2.60. The van der Waals surface area contributed by atoms with Gasteiger partial charge >= 0.3 is 0 Å². The molecule has 0 aliphatic heterocycles. The van der Waals surface area contributed by atoms with Crippen molar-refractivity contribution >= 4 is 11.6 Å². The molecule has 2 rings (SSSR count). The Kier molecular flexibility index (Phi) is 6.38. The number of hydrogen-bond acceptors (Lipinski definition) is 5. The first-order chi connectivity index (χ1) is 11.2. The Balaban J connectivity index is 2.04. The number of aromatic nitrogens is 1. The minimum atomic E-state index is -0.0688. The van der Waals surface area contributed by atoms with Gasteiger partial charge in [0.05, 0.1) is 7.11 Å². The summed E-state index contributed by atoms with van der Waals surface area (Å²) in [6.45, 7) is 0.889. The lowest BCUT2D eigenvalue weighted by atomic mass is 10.2. The fourth-order valence-electron chi connectivity index (χ4n) is 1.99. The van der Waals surface area contributed by atoms with Crippen molar-refractivity contribution in [3.63, 3.8) is 0 Å². The van der Waals surface area contributed by atoms with E-state index in [9.17, 15) is 4.79 Å². The highest BCUT2D eigenvalue weighted by molar-refractivity contribution is 5.91. The number of anilines is 1. The topological polar surface area (TPSA) is 86.5 Å². The smallest absolute Gasteiger partial charge is 0.224 e. The van der Waals surface area contributed by atoms with Crippen LogP contribution in [0.1, 0.15) is 18.4 Å². The fraction of sp³-hybridized carbons (Fsp3) is 0.294. The highest BCUT2D eigenvalue weighted by Gasteiger charge is 2.08. The first kappa shape index (κ1) is 16.8. The van der Waals surface area contributed by atoms with Crippen LogP contribution >= 0.6 is 0 Å². The summed E-state index contributed by atoms with van der Waals surface area (Å²) in [7, 11) is 1.58. The monoisotopic (exact) mass is 315 g/mol. The number of rotatable bonds is 8. The van der Waals surface area contributed by atoms with Crippen LogP contribution in [-0.2, 0) is 11.4 Å². The number of nitrogens with one attached hydrogen (secondary N) is 1. The molecule has 0 radical (unpaired) electrons. The van der Waals surface area contributed by atoms with Gasteiger partial charge in [0.2, 0.25) is 5.91 Å². The third-order valence-corrected chi connectivity index (χ3v) is 3.20. The summed E-state index contributed by atoms with van der Waals surface area (Å²) in [6, 6.07) is 9.05. The summed E-state index contributed by atoms with van der Waals surface area (Å²) in [4.78, 5) is 15.7. The summed E-state index contributed by atoms with van der Waals surface area (Å²) in [5.74, 6) is 1.11. The van der Waals surface area contributed by atoms with Crippen LogP contribution in [0.3, 0.4) is 0 Å². The van der Waals surface area contributed by atoms with E-state index in [4.69, 9.17) is 15.2 Å². The third-order valence-electron chi connectivity index (χ3n) is 3.20. The molecule has 1 aromatic heterocycles. The number of carbonyl (C=O) groups excluding carboxylic acids is 1. The molecule has 1 amide bonds. The second-order valence-electron chi connectivity index (χ2n) is 4.95. The van der Waals surface area contributed by atoms with Crippen molar-refractivity contribution in [3.05, 3.63) is 48.3 Å². The minimum absolute atomic E-state index is 0.0688. The van der Waals surface area contributed by atoms with E-state index in [0.717, 1.165) is 5.56 Å². The van der Waals surface area contributed by atoms with E-state index in [0.29, 0.717) is 43.2 Å². The Morgan fingerprint density at radius 3 is 2.70 bits per heavy atom. The van der Waals surface area contributed by atoms with Gasteiger partial charge < -0.3 is 20.5 Å². The number of hydrogen-bond donors (Lipinski definition) is 2. The molecule has 0 unspecified atom stereocenters. The van der Waals surface area contributed by atoms with Crippen LogP contribution in [0.2, 0.25) is 0 Å². The number of methoxy groups -OCH3 is 1. The molecule has 23 heavy (non-hydrogen) atoms. The lowest BCUT2D eigenvalue weighted by Crippen LogP contribution is -2.13. The number of pyridine rings is 1. The van der Waals surface area contributed by atoms with Crippen molar-refractivity contribution in [2.24, 2.45) is 5.73 Å². The normalized spacial score (nSPS) is 10.2.